The number of methoxy groups -OCH3 is 1. The maximum Gasteiger partial charge on any atom is 0.173 e. The molecule has 0 aliphatic carbocycles. The number of anilines is 1. The summed E-state index contributed by atoms with van der Waals surface area (Å²) in [5, 5.41) is 13.2. The molecule has 1 heterocycles. The van der Waals surface area contributed by atoms with Crippen LogP contribution in [0.25, 0.3) is 0 Å². The molecular weight excluding hydrogens is 260 g/mol. The molecule has 19 heavy (non-hydrogen) atoms. The Morgan fingerprint density at radius 2 is 2.21 bits per heavy atom. The summed E-state index contributed by atoms with van der Waals surface area (Å²) < 4.78 is 5.12. The van der Waals surface area contributed by atoms with Crippen LogP contribution < -0.4 is 10.1 Å². The zero-order valence-corrected chi connectivity index (χ0v) is 11.9. The predicted molar refractivity (Wildman–Crippen MR) is 80.6 cm³/mol. The van der Waals surface area contributed by atoms with Gasteiger partial charge in [-0.05, 0) is 55.2 Å². The average molecular weight is 280 g/mol. The molecule has 0 saturated carbocycles. The molecule has 0 radical (unpaired) electrons. The highest BCUT2D eigenvalue weighted by Gasteiger charge is 2.20. The third kappa shape index (κ3) is 3.81. The van der Waals surface area contributed by atoms with Crippen molar-refractivity contribution in [3.63, 3.8) is 0 Å². The van der Waals surface area contributed by atoms with Crippen molar-refractivity contribution in [2.75, 3.05) is 32.1 Å². The molecule has 2 rings (SSSR count). The molecule has 4 nitrogen and oxygen atoms in total. The van der Waals surface area contributed by atoms with Gasteiger partial charge in [-0.2, -0.15) is 0 Å². The van der Waals surface area contributed by atoms with Gasteiger partial charge in [0.15, 0.2) is 5.11 Å². The van der Waals surface area contributed by atoms with Crippen molar-refractivity contribution >= 4 is 23.0 Å². The number of benzene rings is 1. The second-order valence-corrected chi connectivity index (χ2v) is 5.18. The minimum absolute atomic E-state index is 0.238. The molecule has 0 spiro atoms. The Labute approximate surface area is 119 Å². The van der Waals surface area contributed by atoms with Crippen molar-refractivity contribution in [1.29, 1.82) is 0 Å². The number of nitrogens with zero attached hydrogens (tertiary/aromatic N) is 1. The van der Waals surface area contributed by atoms with E-state index in [0.29, 0.717) is 5.92 Å². The van der Waals surface area contributed by atoms with Crippen LogP contribution in [0.1, 0.15) is 12.8 Å². The number of thiocarbonyl (C=S) groups is 1. The van der Waals surface area contributed by atoms with Gasteiger partial charge in [-0.1, -0.05) is 0 Å². The lowest BCUT2D eigenvalue weighted by atomic mass is 9.99. The van der Waals surface area contributed by atoms with Crippen LogP contribution in [0, 0.1) is 5.92 Å². The van der Waals surface area contributed by atoms with Crippen molar-refractivity contribution in [1.82, 2.24) is 4.90 Å². The van der Waals surface area contributed by atoms with E-state index in [1.165, 1.54) is 0 Å². The summed E-state index contributed by atoms with van der Waals surface area (Å²) in [4.78, 5) is 2.13. The summed E-state index contributed by atoms with van der Waals surface area (Å²) in [6.45, 7) is 2.03. The normalized spacial score (nSPS) is 19.1. The van der Waals surface area contributed by atoms with E-state index < -0.39 is 0 Å². The van der Waals surface area contributed by atoms with Gasteiger partial charge in [0.05, 0.1) is 7.11 Å². The van der Waals surface area contributed by atoms with Gasteiger partial charge >= 0.3 is 0 Å². The smallest absolute Gasteiger partial charge is 0.173 e. The van der Waals surface area contributed by atoms with Crippen molar-refractivity contribution in [2.24, 2.45) is 5.92 Å². The Hall–Kier alpha value is -1.33. The van der Waals surface area contributed by atoms with Crippen LogP contribution in [0.2, 0.25) is 0 Å². The number of rotatable bonds is 3. The van der Waals surface area contributed by atoms with Gasteiger partial charge in [0.1, 0.15) is 5.75 Å². The molecule has 1 atom stereocenters. The van der Waals surface area contributed by atoms with Gasteiger partial charge in [0.25, 0.3) is 0 Å². The first kappa shape index (κ1) is 14.1. The summed E-state index contributed by atoms with van der Waals surface area (Å²) in [5.41, 5.74) is 0.955. The lowest BCUT2D eigenvalue weighted by Gasteiger charge is -2.33. The minimum atomic E-state index is 0.238. The monoisotopic (exact) mass is 280 g/mol. The highest BCUT2D eigenvalue weighted by molar-refractivity contribution is 7.80. The summed E-state index contributed by atoms with van der Waals surface area (Å²) in [6.07, 6.45) is 2.16. The lowest BCUT2D eigenvalue weighted by Crippen LogP contribution is -2.43. The zero-order chi connectivity index (χ0) is 13.7. The number of piperidine rings is 1. The maximum atomic E-state index is 9.23. The first-order valence-electron chi connectivity index (χ1n) is 6.53. The summed E-state index contributed by atoms with van der Waals surface area (Å²) in [6, 6.07) is 7.69. The number of likely N-dealkylation sites (tertiary alicyclic amines) is 1. The fraction of sp³-hybridized carbons (Fsp3) is 0.500. The molecular formula is C14H20N2O2S. The second-order valence-electron chi connectivity index (χ2n) is 4.80. The molecule has 1 fully saturated rings. The minimum Gasteiger partial charge on any atom is -0.497 e. The largest absolute Gasteiger partial charge is 0.497 e. The first-order valence-corrected chi connectivity index (χ1v) is 6.94. The highest BCUT2D eigenvalue weighted by Crippen LogP contribution is 2.19. The summed E-state index contributed by atoms with van der Waals surface area (Å²) in [5.74, 6) is 1.17. The second kappa shape index (κ2) is 6.73. The molecule has 1 saturated heterocycles. The van der Waals surface area contributed by atoms with Crippen LogP contribution in [0.5, 0.6) is 5.75 Å². The zero-order valence-electron chi connectivity index (χ0n) is 11.1. The molecule has 0 aromatic heterocycles. The van der Waals surface area contributed by atoms with Crippen molar-refractivity contribution in [2.45, 2.75) is 12.8 Å². The molecule has 104 valence electrons. The summed E-state index contributed by atoms with van der Waals surface area (Å²) >= 11 is 5.42. The van der Waals surface area contributed by atoms with Crippen LogP contribution in [0.4, 0.5) is 5.69 Å². The number of hydrogen-bond donors (Lipinski definition) is 2. The topological polar surface area (TPSA) is 44.7 Å². The Morgan fingerprint density at radius 3 is 2.84 bits per heavy atom. The van der Waals surface area contributed by atoms with E-state index in [2.05, 4.69) is 10.2 Å². The van der Waals surface area contributed by atoms with Gasteiger partial charge in [-0.15, -0.1) is 0 Å². The fourth-order valence-electron chi connectivity index (χ4n) is 2.28. The Morgan fingerprint density at radius 1 is 1.47 bits per heavy atom. The van der Waals surface area contributed by atoms with Gasteiger partial charge in [0, 0.05) is 25.4 Å². The van der Waals surface area contributed by atoms with Crippen LogP contribution in [-0.4, -0.2) is 41.9 Å². The lowest BCUT2D eigenvalue weighted by molar-refractivity contribution is 0.162. The van der Waals surface area contributed by atoms with E-state index in [0.717, 1.165) is 42.5 Å². The van der Waals surface area contributed by atoms with Crippen LogP contribution >= 0.6 is 12.2 Å². The maximum absolute atomic E-state index is 9.23. The summed E-state index contributed by atoms with van der Waals surface area (Å²) in [7, 11) is 1.65. The third-order valence-electron chi connectivity index (χ3n) is 3.41. The quantitative estimate of drug-likeness (QED) is 0.830. The van der Waals surface area contributed by atoms with E-state index in [4.69, 9.17) is 17.0 Å². The van der Waals surface area contributed by atoms with E-state index in [-0.39, 0.29) is 6.61 Å². The fourth-order valence-corrected chi connectivity index (χ4v) is 2.56. The Kier molecular flexibility index (Phi) is 4.99. The number of aliphatic hydroxyl groups excluding tert-OH is 1. The molecule has 1 unspecified atom stereocenters. The van der Waals surface area contributed by atoms with Crippen molar-refractivity contribution in [3.8, 4) is 5.75 Å². The Bertz CT molecular complexity index is 422. The van der Waals surface area contributed by atoms with Gasteiger partial charge in [0.2, 0.25) is 0 Å². The molecule has 2 N–H and O–H groups in total. The van der Waals surface area contributed by atoms with E-state index in [1.54, 1.807) is 7.11 Å². The van der Waals surface area contributed by atoms with Crippen LogP contribution in [-0.2, 0) is 0 Å². The van der Waals surface area contributed by atoms with E-state index in [9.17, 15) is 5.11 Å². The van der Waals surface area contributed by atoms with Crippen LogP contribution in [0.15, 0.2) is 24.3 Å². The van der Waals surface area contributed by atoms with Crippen molar-refractivity contribution < 1.29 is 9.84 Å². The van der Waals surface area contributed by atoms with Crippen LogP contribution in [0.3, 0.4) is 0 Å². The standard InChI is InChI=1S/C14H20N2O2S/c1-18-13-6-4-12(5-7-13)15-14(19)16-8-2-3-11(9-16)10-17/h4-7,11,17H,2-3,8-10H2,1H3,(H,15,19). The van der Waals surface area contributed by atoms with Gasteiger partial charge in [-0.3, -0.25) is 0 Å². The van der Waals surface area contributed by atoms with Gasteiger partial charge in [-0.25, -0.2) is 0 Å². The van der Waals surface area contributed by atoms with Gasteiger partial charge < -0.3 is 20.1 Å². The Balaban J connectivity index is 1.92. The molecule has 1 aromatic rings. The molecule has 0 bridgehead atoms. The highest BCUT2D eigenvalue weighted by atomic mass is 32.1. The average Bonchev–Trinajstić information content (AvgIpc) is 2.48. The predicted octanol–water partition coefficient (Wildman–Crippen LogP) is 2.10. The molecule has 5 heteroatoms. The molecule has 1 aliphatic rings. The molecule has 0 amide bonds. The first-order chi connectivity index (χ1) is 9.22. The SMILES string of the molecule is COc1ccc(NC(=S)N2CCCC(CO)C2)cc1. The number of aliphatic hydroxyl groups is 1. The van der Waals surface area contributed by atoms with Crippen molar-refractivity contribution in [3.05, 3.63) is 24.3 Å². The third-order valence-corrected chi connectivity index (χ3v) is 3.77. The number of nitrogens with one attached hydrogen (secondary N) is 1. The molecule has 1 aromatic carbocycles. The number of ether oxygens (including phenoxy) is 1. The molecule has 1 aliphatic heterocycles. The van der Waals surface area contributed by atoms with E-state index >= 15 is 0 Å². The number of hydrogen-bond acceptors (Lipinski definition) is 3. The van der Waals surface area contributed by atoms with E-state index in [1.807, 2.05) is 24.3 Å².